The average Bonchev–Trinajstić information content (AvgIpc) is 3.56. The molecule has 5 rings (SSSR count). The van der Waals surface area contributed by atoms with Crippen LogP contribution in [0.25, 0.3) is 22.0 Å². The fraction of sp³-hybridized carbons (Fsp3) is 0.514. The number of nitrogens with zero attached hydrogens (tertiary/aromatic N) is 1. The van der Waals surface area contributed by atoms with Gasteiger partial charge in [-0.05, 0) is 91.2 Å². The first kappa shape index (κ1) is 33.2. The summed E-state index contributed by atoms with van der Waals surface area (Å²) in [6, 6.07) is 16.8. The molecule has 223 valence electrons. The molecule has 1 N–H and O–H groups in total. The van der Waals surface area contributed by atoms with E-state index in [0.717, 1.165) is 42.9 Å². The molecule has 41 heavy (non-hydrogen) atoms. The van der Waals surface area contributed by atoms with Gasteiger partial charge in [-0.1, -0.05) is 65.8 Å². The van der Waals surface area contributed by atoms with Crippen LogP contribution in [0.1, 0.15) is 102 Å². The smallest absolute Gasteiger partial charge is 0.162 e. The fourth-order valence-electron chi connectivity index (χ4n) is 7.20. The van der Waals surface area contributed by atoms with Crippen molar-refractivity contribution < 1.29 is 30.0 Å². The summed E-state index contributed by atoms with van der Waals surface area (Å²) in [5.41, 5.74) is 6.54. The molecule has 1 heterocycles. The Kier molecular flexibility index (Phi) is 11.9. The molecule has 1 radical (unpaired) electrons. The van der Waals surface area contributed by atoms with E-state index >= 15 is 0 Å². The first-order valence-corrected chi connectivity index (χ1v) is 15.6. The van der Waals surface area contributed by atoms with E-state index in [4.69, 9.17) is 4.98 Å². The second-order valence-corrected chi connectivity index (χ2v) is 12.2. The van der Waals surface area contributed by atoms with Gasteiger partial charge in [0, 0.05) is 44.2 Å². The van der Waals surface area contributed by atoms with Crippen LogP contribution in [0.15, 0.2) is 54.4 Å². The van der Waals surface area contributed by atoms with Gasteiger partial charge in [-0.3, -0.25) is 4.79 Å². The first-order chi connectivity index (χ1) is 19.2. The number of aromatic nitrogens is 1. The van der Waals surface area contributed by atoms with Crippen molar-refractivity contribution >= 4 is 16.6 Å². The summed E-state index contributed by atoms with van der Waals surface area (Å²) in [4.78, 5) is 16.7. The molecule has 2 aromatic carbocycles. The number of pyridine rings is 1. The van der Waals surface area contributed by atoms with Crippen molar-refractivity contribution in [1.82, 2.24) is 4.98 Å². The summed E-state index contributed by atoms with van der Waals surface area (Å²) in [5.74, 6) is 1.50. The third-order valence-corrected chi connectivity index (χ3v) is 9.59. The second kappa shape index (κ2) is 14.7. The van der Waals surface area contributed by atoms with E-state index in [2.05, 4.69) is 62.5 Å². The first-order valence-electron chi connectivity index (χ1n) is 15.6. The normalized spacial score (nSPS) is 19.8. The van der Waals surface area contributed by atoms with Crippen LogP contribution >= 0.6 is 0 Å². The van der Waals surface area contributed by atoms with Crippen LogP contribution < -0.4 is 0 Å². The van der Waals surface area contributed by atoms with Crippen LogP contribution in [0, 0.1) is 37.7 Å². The molecule has 2 fully saturated rings. The third-order valence-electron chi connectivity index (χ3n) is 9.59. The van der Waals surface area contributed by atoms with Crippen molar-refractivity contribution in [3.63, 3.8) is 0 Å². The number of carbonyl (C=O) groups excluding carboxylic acids is 1. The molecule has 1 aromatic heterocycles. The molecule has 2 aliphatic rings. The van der Waals surface area contributed by atoms with Crippen molar-refractivity contribution in [3.05, 3.63) is 77.2 Å². The monoisotopic (exact) mass is 731 g/mol. The average molecular weight is 731 g/mol. The molecule has 0 spiro atoms. The van der Waals surface area contributed by atoms with E-state index < -0.39 is 0 Å². The van der Waals surface area contributed by atoms with Gasteiger partial charge in [0.2, 0.25) is 0 Å². The number of aliphatic hydroxyl groups is 1. The minimum atomic E-state index is 0. The van der Waals surface area contributed by atoms with Crippen molar-refractivity contribution in [2.24, 2.45) is 17.8 Å². The predicted octanol–water partition coefficient (Wildman–Crippen LogP) is 10.0. The Morgan fingerprint density at radius 1 is 1.00 bits per heavy atom. The van der Waals surface area contributed by atoms with Crippen LogP contribution in [0.3, 0.4) is 0 Å². The van der Waals surface area contributed by atoms with Crippen LogP contribution in [0.4, 0.5) is 0 Å². The van der Waals surface area contributed by atoms with Crippen LogP contribution in [0.5, 0.6) is 0 Å². The summed E-state index contributed by atoms with van der Waals surface area (Å²) < 4.78 is 0. The molecule has 3 aromatic rings. The Morgan fingerprint density at radius 3 is 2.15 bits per heavy atom. The molecule has 0 amide bonds. The summed E-state index contributed by atoms with van der Waals surface area (Å²) in [5, 5.41) is 12.4. The summed E-state index contributed by atoms with van der Waals surface area (Å²) in [7, 11) is 0. The quantitative estimate of drug-likeness (QED) is 0.136. The fourth-order valence-corrected chi connectivity index (χ4v) is 7.20. The largest absolute Gasteiger partial charge is 0.512 e. The van der Waals surface area contributed by atoms with Gasteiger partial charge in [0.25, 0.3) is 0 Å². The van der Waals surface area contributed by atoms with E-state index in [1.54, 1.807) is 0 Å². The Bertz CT molecular complexity index is 1320. The zero-order valence-corrected chi connectivity index (χ0v) is 28.2. The second-order valence-electron chi connectivity index (χ2n) is 12.2. The van der Waals surface area contributed by atoms with E-state index in [-0.39, 0.29) is 43.5 Å². The maximum atomic E-state index is 11.7. The zero-order chi connectivity index (χ0) is 28.9. The van der Waals surface area contributed by atoms with Gasteiger partial charge in [0.1, 0.15) is 0 Å². The summed E-state index contributed by atoms with van der Waals surface area (Å²) in [6.07, 6.45) is 14.0. The SMILES string of the molecule is CCC(CC)C(=O)/C=C(\O)C(CC)CC.Cc1[c-]c(-c2ncc(C34CCC(CC3)C4)c3ccccc23)cc(C)c1.[Ir]. The van der Waals surface area contributed by atoms with Crippen molar-refractivity contribution in [2.45, 2.75) is 105 Å². The molecule has 2 saturated carbocycles. The Labute approximate surface area is 261 Å². The summed E-state index contributed by atoms with van der Waals surface area (Å²) in [6.45, 7) is 12.3. The van der Waals surface area contributed by atoms with Gasteiger partial charge in [0.15, 0.2) is 5.78 Å². The van der Waals surface area contributed by atoms with Crippen molar-refractivity contribution in [2.75, 3.05) is 0 Å². The number of aryl methyl sites for hydroxylation is 2. The van der Waals surface area contributed by atoms with E-state index in [1.807, 2.05) is 27.7 Å². The number of fused-ring (bicyclic) bond motifs is 3. The van der Waals surface area contributed by atoms with Crippen LogP contribution in [0.2, 0.25) is 0 Å². The van der Waals surface area contributed by atoms with Gasteiger partial charge >= 0.3 is 0 Å². The number of hydrogen-bond acceptors (Lipinski definition) is 3. The molecular formula is C37H48IrNO2-. The minimum absolute atomic E-state index is 0. The van der Waals surface area contributed by atoms with E-state index in [9.17, 15) is 9.90 Å². The molecule has 0 atom stereocenters. The van der Waals surface area contributed by atoms with Crippen molar-refractivity contribution in [1.29, 1.82) is 0 Å². The number of rotatable bonds is 9. The number of hydrogen-bond donors (Lipinski definition) is 1. The maximum Gasteiger partial charge on any atom is 0.162 e. The van der Waals surface area contributed by atoms with Gasteiger partial charge < -0.3 is 10.1 Å². The Morgan fingerprint density at radius 2 is 1.61 bits per heavy atom. The topological polar surface area (TPSA) is 50.2 Å². The molecule has 0 aliphatic heterocycles. The van der Waals surface area contributed by atoms with E-state index in [0.29, 0.717) is 5.41 Å². The minimum Gasteiger partial charge on any atom is -0.512 e. The van der Waals surface area contributed by atoms with Gasteiger partial charge in [0.05, 0.1) is 5.76 Å². The number of benzene rings is 2. The molecule has 0 saturated heterocycles. The van der Waals surface area contributed by atoms with Gasteiger partial charge in [-0.2, -0.15) is 0 Å². The third kappa shape index (κ3) is 7.38. The number of allylic oxidation sites excluding steroid dienone is 2. The molecule has 2 aliphatic carbocycles. The number of aliphatic hydroxyl groups excluding tert-OH is 1. The van der Waals surface area contributed by atoms with Crippen LogP contribution in [-0.2, 0) is 30.3 Å². The van der Waals surface area contributed by atoms with Crippen molar-refractivity contribution in [3.8, 4) is 11.3 Å². The molecular weight excluding hydrogens is 683 g/mol. The molecule has 2 bridgehead atoms. The number of ketones is 1. The Balaban J connectivity index is 0.000000253. The van der Waals surface area contributed by atoms with E-state index in [1.165, 1.54) is 65.6 Å². The maximum absolute atomic E-state index is 11.7. The summed E-state index contributed by atoms with van der Waals surface area (Å²) >= 11 is 0. The standard InChI is InChI=1S/C24H24N.C13H24O2.Ir/c1-16-11-17(2)13-19(12-16)23-21-6-4-3-5-20(21)22(15-25-23)24-9-7-18(14-24)8-10-24;1-5-10(6-2)12(14)9-13(15)11(7-3)8-4;/h3-6,11-12,15,18H,7-10,14H2,1-2H3;9-11,14H,5-8H2,1-4H3;/q-1;;/b;12-9-;. The Hall–Kier alpha value is -2.29. The number of carbonyl (C=O) groups is 1. The molecule has 4 heteroatoms. The van der Waals surface area contributed by atoms with Gasteiger partial charge in [-0.25, -0.2) is 0 Å². The molecule has 3 nitrogen and oxygen atoms in total. The molecule has 0 unspecified atom stereocenters. The van der Waals surface area contributed by atoms with Gasteiger partial charge in [-0.15, -0.1) is 34.9 Å². The predicted molar refractivity (Wildman–Crippen MR) is 168 cm³/mol. The zero-order valence-electron chi connectivity index (χ0n) is 25.9. The van der Waals surface area contributed by atoms with Crippen LogP contribution in [-0.4, -0.2) is 15.9 Å².